The molecule has 0 aliphatic rings. The van der Waals surface area contributed by atoms with Gasteiger partial charge in [0.1, 0.15) is 5.82 Å². The molecule has 5 nitrogen and oxygen atoms in total. The molecule has 0 unspecified atom stereocenters. The molecule has 2 aromatic rings. The number of carbonyl (C=O) groups is 1. The summed E-state index contributed by atoms with van der Waals surface area (Å²) in [6, 6.07) is 11.9. The topological polar surface area (TPSA) is 59.0 Å². The summed E-state index contributed by atoms with van der Waals surface area (Å²) in [5.74, 6) is 1.02. The van der Waals surface area contributed by atoms with Crippen LogP contribution in [-0.4, -0.2) is 22.4 Å². The van der Waals surface area contributed by atoms with E-state index in [0.717, 1.165) is 12.1 Å². The van der Waals surface area contributed by atoms with Gasteiger partial charge in [-0.1, -0.05) is 37.3 Å². The van der Waals surface area contributed by atoms with Crippen LogP contribution in [0.2, 0.25) is 0 Å². The second-order valence-corrected chi connectivity index (χ2v) is 5.15. The Morgan fingerprint density at radius 2 is 2.05 bits per heavy atom. The molecule has 0 bridgehead atoms. The van der Waals surface area contributed by atoms with Gasteiger partial charge in [-0.3, -0.25) is 10.00 Å². The highest BCUT2D eigenvalue weighted by Gasteiger charge is 2.11. The molecule has 0 saturated heterocycles. The lowest BCUT2D eigenvalue weighted by Crippen LogP contribution is -2.32. The highest BCUT2D eigenvalue weighted by atomic mass is 16.2. The summed E-state index contributed by atoms with van der Waals surface area (Å²) in [5.41, 5.74) is 2.13. The van der Waals surface area contributed by atoms with Crippen LogP contribution in [0.25, 0.3) is 0 Å². The Labute approximate surface area is 125 Å². The van der Waals surface area contributed by atoms with Gasteiger partial charge in [-0.05, 0) is 18.9 Å². The van der Waals surface area contributed by atoms with Crippen molar-refractivity contribution >= 4 is 11.8 Å². The zero-order valence-electron chi connectivity index (χ0n) is 12.8. The van der Waals surface area contributed by atoms with Crippen LogP contribution < -0.4 is 10.6 Å². The average Bonchev–Trinajstić information content (AvgIpc) is 2.78. The van der Waals surface area contributed by atoms with E-state index in [1.165, 1.54) is 5.56 Å². The Kier molecular flexibility index (Phi) is 4.98. The van der Waals surface area contributed by atoms with E-state index < -0.39 is 0 Å². The number of aromatic nitrogens is 2. The van der Waals surface area contributed by atoms with Gasteiger partial charge < -0.3 is 5.32 Å². The van der Waals surface area contributed by atoms with Crippen LogP contribution in [0.1, 0.15) is 30.5 Å². The van der Waals surface area contributed by atoms with Crippen LogP contribution in [0.3, 0.4) is 0 Å². The molecule has 0 radical (unpaired) electrons. The molecule has 1 atom stereocenters. The summed E-state index contributed by atoms with van der Waals surface area (Å²) >= 11 is 0. The van der Waals surface area contributed by atoms with Crippen molar-refractivity contribution in [3.8, 4) is 0 Å². The lowest BCUT2D eigenvalue weighted by Gasteiger charge is -2.16. The smallest absolute Gasteiger partial charge is 0.320 e. The summed E-state index contributed by atoms with van der Waals surface area (Å²) < 4.78 is 1.66. The Hall–Kier alpha value is -2.30. The van der Waals surface area contributed by atoms with Crippen molar-refractivity contribution in [2.75, 3.05) is 11.9 Å². The monoisotopic (exact) mass is 286 g/mol. The van der Waals surface area contributed by atoms with Crippen molar-refractivity contribution in [2.45, 2.75) is 26.2 Å². The molecule has 0 saturated carbocycles. The second-order valence-electron chi connectivity index (χ2n) is 5.15. The van der Waals surface area contributed by atoms with Crippen LogP contribution in [-0.2, 0) is 7.05 Å². The molecule has 2 N–H and O–H groups in total. The lowest BCUT2D eigenvalue weighted by atomic mass is 9.97. The normalized spacial score (nSPS) is 12.0. The number of aryl methyl sites for hydroxylation is 2. The molecule has 21 heavy (non-hydrogen) atoms. The third kappa shape index (κ3) is 4.08. The van der Waals surface area contributed by atoms with Crippen LogP contribution >= 0.6 is 0 Å². The first-order valence-corrected chi connectivity index (χ1v) is 7.20. The van der Waals surface area contributed by atoms with Gasteiger partial charge in [0, 0.05) is 25.6 Å². The number of hydrogen-bond donors (Lipinski definition) is 2. The van der Waals surface area contributed by atoms with E-state index in [9.17, 15) is 4.79 Å². The number of rotatable bonds is 5. The van der Waals surface area contributed by atoms with Gasteiger partial charge in [0.15, 0.2) is 0 Å². The molecule has 2 rings (SSSR count). The minimum absolute atomic E-state index is 0.201. The molecule has 2 amide bonds. The number of hydrogen-bond acceptors (Lipinski definition) is 2. The maximum absolute atomic E-state index is 12.0. The molecular weight excluding hydrogens is 264 g/mol. The largest absolute Gasteiger partial charge is 0.337 e. The first-order chi connectivity index (χ1) is 10.1. The molecule has 1 heterocycles. The highest BCUT2D eigenvalue weighted by molar-refractivity contribution is 5.88. The first kappa shape index (κ1) is 15.1. The SMILES string of the molecule is CC[C@@H](CNC(=O)Nc1cc(C)nn1C)c1ccccc1. The fourth-order valence-corrected chi connectivity index (χ4v) is 2.33. The van der Waals surface area contributed by atoms with Crippen molar-refractivity contribution in [1.29, 1.82) is 0 Å². The van der Waals surface area contributed by atoms with Crippen molar-refractivity contribution in [2.24, 2.45) is 7.05 Å². The Balaban J connectivity index is 1.89. The quantitative estimate of drug-likeness (QED) is 0.887. The predicted molar refractivity (Wildman–Crippen MR) is 84.4 cm³/mol. The minimum atomic E-state index is -0.201. The number of nitrogens with one attached hydrogen (secondary N) is 2. The Bertz CT molecular complexity index is 592. The number of benzene rings is 1. The third-order valence-electron chi connectivity index (χ3n) is 3.52. The number of nitrogens with zero attached hydrogens (tertiary/aromatic N) is 2. The molecule has 112 valence electrons. The third-order valence-corrected chi connectivity index (χ3v) is 3.52. The molecule has 0 spiro atoms. The standard InChI is InChI=1S/C16H22N4O/c1-4-13(14-8-6-5-7-9-14)11-17-16(21)18-15-10-12(2)19-20(15)3/h5-10,13H,4,11H2,1-3H3,(H2,17,18,21)/t13-/m0/s1. The van der Waals surface area contributed by atoms with E-state index in [2.05, 4.69) is 34.8 Å². The zero-order valence-corrected chi connectivity index (χ0v) is 12.8. The van der Waals surface area contributed by atoms with Crippen LogP contribution in [0.4, 0.5) is 10.6 Å². The minimum Gasteiger partial charge on any atom is -0.337 e. The number of anilines is 1. The maximum atomic E-state index is 12.0. The molecule has 0 fully saturated rings. The summed E-state index contributed by atoms with van der Waals surface area (Å²) in [6.45, 7) is 4.64. The van der Waals surface area contributed by atoms with Gasteiger partial charge in [-0.15, -0.1) is 0 Å². The molecular formula is C16H22N4O. The maximum Gasteiger partial charge on any atom is 0.320 e. The second kappa shape index (κ2) is 6.92. The highest BCUT2D eigenvalue weighted by Crippen LogP contribution is 2.18. The zero-order chi connectivity index (χ0) is 15.2. The van der Waals surface area contributed by atoms with Crippen molar-refractivity contribution in [3.63, 3.8) is 0 Å². The molecule has 0 aliphatic heterocycles. The van der Waals surface area contributed by atoms with Gasteiger partial charge in [0.05, 0.1) is 5.69 Å². The lowest BCUT2D eigenvalue weighted by molar-refractivity contribution is 0.251. The van der Waals surface area contributed by atoms with Gasteiger partial charge in [-0.2, -0.15) is 5.10 Å². The summed E-state index contributed by atoms with van der Waals surface area (Å²) in [5, 5.41) is 9.94. The van der Waals surface area contributed by atoms with Gasteiger partial charge in [0.2, 0.25) is 0 Å². The van der Waals surface area contributed by atoms with E-state index in [1.807, 2.05) is 31.2 Å². The van der Waals surface area contributed by atoms with E-state index in [-0.39, 0.29) is 6.03 Å². The van der Waals surface area contributed by atoms with Crippen LogP contribution in [0.5, 0.6) is 0 Å². The molecule has 1 aromatic carbocycles. The van der Waals surface area contributed by atoms with E-state index in [1.54, 1.807) is 11.7 Å². The van der Waals surface area contributed by atoms with Crippen molar-refractivity contribution in [1.82, 2.24) is 15.1 Å². The Morgan fingerprint density at radius 3 is 2.62 bits per heavy atom. The summed E-state index contributed by atoms with van der Waals surface area (Å²) in [6.07, 6.45) is 0.981. The molecule has 5 heteroatoms. The number of amides is 2. The summed E-state index contributed by atoms with van der Waals surface area (Å²) in [4.78, 5) is 12.0. The average molecular weight is 286 g/mol. The van der Waals surface area contributed by atoms with E-state index in [4.69, 9.17) is 0 Å². The van der Waals surface area contributed by atoms with Crippen LogP contribution in [0, 0.1) is 6.92 Å². The van der Waals surface area contributed by atoms with Gasteiger partial charge in [-0.25, -0.2) is 4.79 Å². The van der Waals surface area contributed by atoms with Crippen LogP contribution in [0.15, 0.2) is 36.4 Å². The first-order valence-electron chi connectivity index (χ1n) is 7.20. The molecule has 1 aromatic heterocycles. The Morgan fingerprint density at radius 1 is 1.33 bits per heavy atom. The summed E-state index contributed by atoms with van der Waals surface area (Å²) in [7, 11) is 1.81. The predicted octanol–water partition coefficient (Wildman–Crippen LogP) is 3.04. The number of urea groups is 1. The van der Waals surface area contributed by atoms with Gasteiger partial charge in [0.25, 0.3) is 0 Å². The van der Waals surface area contributed by atoms with Crippen molar-refractivity contribution < 1.29 is 4.79 Å². The van der Waals surface area contributed by atoms with Gasteiger partial charge >= 0.3 is 6.03 Å². The number of carbonyl (C=O) groups excluding carboxylic acids is 1. The van der Waals surface area contributed by atoms with E-state index in [0.29, 0.717) is 18.3 Å². The van der Waals surface area contributed by atoms with E-state index >= 15 is 0 Å². The molecule has 0 aliphatic carbocycles. The van der Waals surface area contributed by atoms with Crippen molar-refractivity contribution in [3.05, 3.63) is 47.7 Å². The fourth-order valence-electron chi connectivity index (χ4n) is 2.33. The fraction of sp³-hybridized carbons (Fsp3) is 0.375.